The van der Waals surface area contributed by atoms with E-state index in [1.165, 1.54) is 12.1 Å². The van der Waals surface area contributed by atoms with Gasteiger partial charge < -0.3 is 15.0 Å². The summed E-state index contributed by atoms with van der Waals surface area (Å²) in [4.78, 5) is 28.0. The van der Waals surface area contributed by atoms with Crippen LogP contribution in [0.5, 0.6) is 5.75 Å². The van der Waals surface area contributed by atoms with Crippen molar-refractivity contribution in [2.24, 2.45) is 0 Å². The predicted octanol–water partition coefficient (Wildman–Crippen LogP) is 4.32. The SMILES string of the molecule is COc1ccc(CNC(=O)C2(c3ccccc3)CCN(C(=O)c3ccccc3F)CC2)cc1. The first-order chi connectivity index (χ1) is 16.0. The van der Waals surface area contributed by atoms with Gasteiger partial charge in [0, 0.05) is 19.6 Å². The Labute approximate surface area is 193 Å². The Bertz CT molecular complexity index is 1110. The number of carbonyl (C=O) groups is 2. The zero-order valence-corrected chi connectivity index (χ0v) is 18.6. The number of nitrogens with one attached hydrogen (secondary N) is 1. The molecule has 0 aromatic heterocycles. The summed E-state index contributed by atoms with van der Waals surface area (Å²) in [5, 5.41) is 3.09. The number of halogens is 1. The van der Waals surface area contributed by atoms with Crippen LogP contribution < -0.4 is 10.1 Å². The van der Waals surface area contributed by atoms with Gasteiger partial charge in [-0.1, -0.05) is 54.6 Å². The van der Waals surface area contributed by atoms with Crippen LogP contribution in [0.3, 0.4) is 0 Å². The van der Waals surface area contributed by atoms with Crippen LogP contribution in [-0.2, 0) is 16.8 Å². The second-order valence-electron chi connectivity index (χ2n) is 8.25. The lowest BCUT2D eigenvalue weighted by Gasteiger charge is -2.41. The number of amides is 2. The molecule has 1 saturated heterocycles. The lowest BCUT2D eigenvalue weighted by atomic mass is 9.72. The Morgan fingerprint density at radius 2 is 1.58 bits per heavy atom. The second kappa shape index (κ2) is 9.86. The van der Waals surface area contributed by atoms with Crippen molar-refractivity contribution in [3.05, 3.63) is 101 Å². The van der Waals surface area contributed by atoms with Crippen LogP contribution in [0.2, 0.25) is 0 Å². The number of benzene rings is 3. The van der Waals surface area contributed by atoms with E-state index in [1.54, 1.807) is 24.1 Å². The number of ether oxygens (including phenoxy) is 1. The van der Waals surface area contributed by atoms with Gasteiger partial charge in [0.1, 0.15) is 11.6 Å². The summed E-state index contributed by atoms with van der Waals surface area (Å²) in [5.41, 5.74) is 1.21. The maximum atomic E-state index is 14.1. The Morgan fingerprint density at radius 3 is 2.21 bits per heavy atom. The summed E-state index contributed by atoms with van der Waals surface area (Å²) in [6.07, 6.45) is 0.928. The topological polar surface area (TPSA) is 58.6 Å². The molecule has 1 heterocycles. The van der Waals surface area contributed by atoms with Crippen molar-refractivity contribution in [2.75, 3.05) is 20.2 Å². The molecule has 0 spiro atoms. The lowest BCUT2D eigenvalue weighted by Crippen LogP contribution is -2.52. The van der Waals surface area contributed by atoms with Gasteiger partial charge in [0.05, 0.1) is 18.1 Å². The van der Waals surface area contributed by atoms with E-state index in [0.717, 1.165) is 16.9 Å². The molecule has 4 rings (SSSR count). The zero-order valence-electron chi connectivity index (χ0n) is 18.6. The van der Waals surface area contributed by atoms with Crippen LogP contribution in [0.15, 0.2) is 78.9 Å². The normalized spacial score (nSPS) is 15.0. The molecule has 3 aromatic carbocycles. The van der Waals surface area contributed by atoms with Crippen LogP contribution in [0.25, 0.3) is 0 Å². The number of methoxy groups -OCH3 is 1. The third-order valence-corrected chi connectivity index (χ3v) is 6.38. The highest BCUT2D eigenvalue weighted by Gasteiger charge is 2.43. The average Bonchev–Trinajstić information content (AvgIpc) is 2.88. The molecule has 0 aliphatic carbocycles. The molecule has 1 fully saturated rings. The van der Waals surface area contributed by atoms with Crippen LogP contribution in [-0.4, -0.2) is 36.9 Å². The Balaban J connectivity index is 1.50. The summed E-state index contributed by atoms with van der Waals surface area (Å²) < 4.78 is 19.3. The third kappa shape index (κ3) is 4.75. The van der Waals surface area contributed by atoms with Crippen molar-refractivity contribution in [1.29, 1.82) is 0 Å². The van der Waals surface area contributed by atoms with E-state index >= 15 is 0 Å². The number of hydrogen-bond acceptors (Lipinski definition) is 3. The van der Waals surface area contributed by atoms with Crippen molar-refractivity contribution in [2.45, 2.75) is 24.8 Å². The molecule has 170 valence electrons. The zero-order chi connectivity index (χ0) is 23.3. The van der Waals surface area contributed by atoms with E-state index in [4.69, 9.17) is 4.74 Å². The fraction of sp³-hybridized carbons (Fsp3) is 0.259. The molecule has 1 N–H and O–H groups in total. The Kier molecular flexibility index (Phi) is 6.73. The maximum absolute atomic E-state index is 14.1. The molecule has 0 unspecified atom stereocenters. The van der Waals surface area contributed by atoms with E-state index in [9.17, 15) is 14.0 Å². The van der Waals surface area contributed by atoms with E-state index in [-0.39, 0.29) is 17.4 Å². The molecule has 5 nitrogen and oxygen atoms in total. The first-order valence-corrected chi connectivity index (χ1v) is 11.0. The Hall–Kier alpha value is -3.67. The number of rotatable bonds is 6. The van der Waals surface area contributed by atoms with Gasteiger partial charge in [0.15, 0.2) is 0 Å². The number of nitrogens with zero attached hydrogens (tertiary/aromatic N) is 1. The largest absolute Gasteiger partial charge is 0.497 e. The van der Waals surface area contributed by atoms with Gasteiger partial charge >= 0.3 is 0 Å². The molecule has 1 aliphatic rings. The standard InChI is InChI=1S/C27H27FN2O3/c1-33-22-13-11-20(12-14-22)19-29-26(32)27(21-7-3-2-4-8-21)15-17-30(18-16-27)25(31)23-9-5-6-10-24(23)28/h2-14H,15-19H2,1H3,(H,29,32). The van der Waals surface area contributed by atoms with Crippen molar-refractivity contribution in [1.82, 2.24) is 10.2 Å². The van der Waals surface area contributed by atoms with Gasteiger partial charge in [-0.05, 0) is 48.2 Å². The summed E-state index contributed by atoms with van der Waals surface area (Å²) >= 11 is 0. The van der Waals surface area contributed by atoms with Gasteiger partial charge in [-0.3, -0.25) is 9.59 Å². The summed E-state index contributed by atoms with van der Waals surface area (Å²) in [5.74, 6) is -0.173. The van der Waals surface area contributed by atoms with Crippen LogP contribution in [0, 0.1) is 5.82 Å². The lowest BCUT2D eigenvalue weighted by molar-refractivity contribution is -0.128. The highest BCUT2D eigenvalue weighted by Crippen LogP contribution is 2.36. The predicted molar refractivity (Wildman–Crippen MR) is 124 cm³/mol. The minimum absolute atomic E-state index is 0.0636. The molecular formula is C27H27FN2O3. The van der Waals surface area contributed by atoms with E-state index in [2.05, 4.69) is 5.32 Å². The van der Waals surface area contributed by atoms with Gasteiger partial charge in [-0.2, -0.15) is 0 Å². The molecule has 0 bridgehead atoms. The van der Waals surface area contributed by atoms with Gasteiger partial charge in [0.25, 0.3) is 5.91 Å². The molecule has 0 atom stereocenters. The average molecular weight is 447 g/mol. The van der Waals surface area contributed by atoms with Gasteiger partial charge in [-0.15, -0.1) is 0 Å². The molecule has 0 saturated carbocycles. The third-order valence-electron chi connectivity index (χ3n) is 6.38. The highest BCUT2D eigenvalue weighted by atomic mass is 19.1. The monoisotopic (exact) mass is 446 g/mol. The van der Waals surface area contributed by atoms with Crippen molar-refractivity contribution in [3.63, 3.8) is 0 Å². The van der Waals surface area contributed by atoms with Crippen LogP contribution >= 0.6 is 0 Å². The van der Waals surface area contributed by atoms with Gasteiger partial charge in [0.2, 0.25) is 5.91 Å². The molecule has 33 heavy (non-hydrogen) atoms. The molecule has 1 aliphatic heterocycles. The van der Waals surface area contributed by atoms with E-state index in [0.29, 0.717) is 32.5 Å². The molecule has 6 heteroatoms. The van der Waals surface area contributed by atoms with Crippen LogP contribution in [0.1, 0.15) is 34.3 Å². The fourth-order valence-corrected chi connectivity index (χ4v) is 4.40. The maximum Gasteiger partial charge on any atom is 0.256 e. The van der Waals surface area contributed by atoms with Crippen molar-refractivity contribution in [3.8, 4) is 5.75 Å². The van der Waals surface area contributed by atoms with Crippen LogP contribution in [0.4, 0.5) is 4.39 Å². The summed E-state index contributed by atoms with van der Waals surface area (Å²) in [6, 6.07) is 23.3. The molecular weight excluding hydrogens is 419 g/mol. The van der Waals surface area contributed by atoms with E-state index in [1.807, 2.05) is 54.6 Å². The number of carbonyl (C=O) groups excluding carboxylic acids is 2. The van der Waals surface area contributed by atoms with E-state index < -0.39 is 11.2 Å². The second-order valence-corrected chi connectivity index (χ2v) is 8.25. The van der Waals surface area contributed by atoms with Crippen molar-refractivity contribution >= 4 is 11.8 Å². The fourth-order valence-electron chi connectivity index (χ4n) is 4.40. The number of hydrogen-bond donors (Lipinski definition) is 1. The smallest absolute Gasteiger partial charge is 0.256 e. The number of likely N-dealkylation sites (tertiary alicyclic amines) is 1. The first kappa shape index (κ1) is 22.5. The summed E-state index contributed by atoms with van der Waals surface area (Å²) in [6.45, 7) is 1.14. The molecule has 0 radical (unpaired) electrons. The highest BCUT2D eigenvalue weighted by molar-refractivity contribution is 5.95. The Morgan fingerprint density at radius 1 is 0.939 bits per heavy atom. The quantitative estimate of drug-likeness (QED) is 0.613. The summed E-state index contributed by atoms with van der Waals surface area (Å²) in [7, 11) is 1.61. The molecule has 2 amide bonds. The molecule has 3 aromatic rings. The number of piperidine rings is 1. The van der Waals surface area contributed by atoms with Crippen molar-refractivity contribution < 1.29 is 18.7 Å². The first-order valence-electron chi connectivity index (χ1n) is 11.0. The minimum Gasteiger partial charge on any atom is -0.497 e. The van der Waals surface area contributed by atoms with Gasteiger partial charge in [-0.25, -0.2) is 4.39 Å². The minimum atomic E-state index is -0.750.